The number of benzene rings is 2. The summed E-state index contributed by atoms with van der Waals surface area (Å²) in [6.07, 6.45) is 7.64. The molecular formula is C25H34N2O3. The molecule has 5 heteroatoms. The van der Waals surface area contributed by atoms with Gasteiger partial charge < -0.3 is 14.3 Å². The van der Waals surface area contributed by atoms with E-state index in [0.29, 0.717) is 18.1 Å². The SMILES string of the molecule is CO/N=C(/c1ccc2cc(OC)ccc2c1)C1CCCN(C2CCC(OC)CC2)C1. The maximum Gasteiger partial charge on any atom is 0.119 e. The van der Waals surface area contributed by atoms with Gasteiger partial charge in [0.1, 0.15) is 12.9 Å². The predicted molar refractivity (Wildman–Crippen MR) is 121 cm³/mol. The van der Waals surface area contributed by atoms with Crippen LogP contribution in [-0.4, -0.2) is 57.2 Å². The molecule has 30 heavy (non-hydrogen) atoms. The Morgan fingerprint density at radius 2 is 1.70 bits per heavy atom. The van der Waals surface area contributed by atoms with E-state index < -0.39 is 0 Å². The van der Waals surface area contributed by atoms with Crippen molar-refractivity contribution in [1.82, 2.24) is 4.90 Å². The largest absolute Gasteiger partial charge is 0.497 e. The quantitative estimate of drug-likeness (QED) is 0.503. The van der Waals surface area contributed by atoms with Gasteiger partial charge in [-0.2, -0.15) is 0 Å². The number of nitrogens with zero attached hydrogens (tertiary/aromatic N) is 2. The molecule has 5 nitrogen and oxygen atoms in total. The summed E-state index contributed by atoms with van der Waals surface area (Å²) in [6, 6.07) is 13.4. The van der Waals surface area contributed by atoms with Crippen LogP contribution in [0, 0.1) is 5.92 Å². The topological polar surface area (TPSA) is 43.3 Å². The zero-order chi connectivity index (χ0) is 20.9. The van der Waals surface area contributed by atoms with Crippen molar-refractivity contribution in [2.24, 2.45) is 11.1 Å². The highest BCUT2D eigenvalue weighted by Gasteiger charge is 2.32. The first kappa shape index (κ1) is 21.1. The van der Waals surface area contributed by atoms with Gasteiger partial charge in [-0.25, -0.2) is 0 Å². The summed E-state index contributed by atoms with van der Waals surface area (Å²) >= 11 is 0. The van der Waals surface area contributed by atoms with E-state index in [1.165, 1.54) is 49.4 Å². The molecule has 4 rings (SSSR count). The molecule has 0 aromatic heterocycles. The zero-order valence-corrected chi connectivity index (χ0v) is 18.5. The first-order chi connectivity index (χ1) is 14.7. The van der Waals surface area contributed by atoms with Gasteiger partial charge in [-0.1, -0.05) is 23.4 Å². The van der Waals surface area contributed by atoms with Gasteiger partial charge in [-0.15, -0.1) is 0 Å². The molecule has 1 heterocycles. The summed E-state index contributed by atoms with van der Waals surface area (Å²) in [5.74, 6) is 1.28. The highest BCUT2D eigenvalue weighted by molar-refractivity contribution is 6.04. The van der Waals surface area contributed by atoms with Crippen LogP contribution in [0.25, 0.3) is 10.8 Å². The minimum absolute atomic E-state index is 0.398. The molecule has 1 aliphatic carbocycles. The molecule has 1 atom stereocenters. The van der Waals surface area contributed by atoms with Crippen molar-refractivity contribution < 1.29 is 14.3 Å². The fourth-order valence-corrected chi connectivity index (χ4v) is 5.18. The summed E-state index contributed by atoms with van der Waals surface area (Å²) in [5, 5.41) is 6.88. The standard InChI is InChI=1S/C25H34N2O3/c1-28-23-12-9-22(10-13-23)27-14-4-5-21(17-27)25(26-30-3)20-7-6-19-16-24(29-2)11-8-18(19)15-20/h6-8,11,15-16,21-23H,4-5,9-10,12-14,17H2,1-3H3/b26-25-. The van der Waals surface area contributed by atoms with Crippen LogP contribution in [0.4, 0.5) is 0 Å². The molecule has 1 unspecified atom stereocenters. The number of fused-ring (bicyclic) bond motifs is 1. The Kier molecular flexibility index (Phi) is 6.90. The van der Waals surface area contributed by atoms with Gasteiger partial charge in [0, 0.05) is 31.2 Å². The number of likely N-dealkylation sites (tertiary alicyclic amines) is 1. The Balaban J connectivity index is 1.52. The van der Waals surface area contributed by atoms with Crippen molar-refractivity contribution >= 4 is 16.5 Å². The van der Waals surface area contributed by atoms with Crippen LogP contribution in [0.2, 0.25) is 0 Å². The lowest BCUT2D eigenvalue weighted by Crippen LogP contribution is -2.46. The van der Waals surface area contributed by atoms with Crippen molar-refractivity contribution in [2.75, 3.05) is 34.4 Å². The van der Waals surface area contributed by atoms with Crippen LogP contribution in [0.1, 0.15) is 44.1 Å². The van der Waals surface area contributed by atoms with Crippen LogP contribution in [0.5, 0.6) is 5.75 Å². The molecule has 0 amide bonds. The lowest BCUT2D eigenvalue weighted by molar-refractivity contribution is 0.0304. The molecule has 0 radical (unpaired) electrons. The average molecular weight is 411 g/mol. The van der Waals surface area contributed by atoms with Gasteiger partial charge in [0.2, 0.25) is 0 Å². The van der Waals surface area contributed by atoms with Gasteiger partial charge in [0.25, 0.3) is 0 Å². The molecule has 0 N–H and O–H groups in total. The van der Waals surface area contributed by atoms with Gasteiger partial charge in [-0.3, -0.25) is 4.90 Å². The summed E-state index contributed by atoms with van der Waals surface area (Å²) < 4.78 is 10.9. The first-order valence-corrected chi connectivity index (χ1v) is 11.2. The maximum atomic E-state index is 5.56. The Morgan fingerprint density at radius 3 is 2.43 bits per heavy atom. The third kappa shape index (κ3) is 4.62. The number of oxime groups is 1. The van der Waals surface area contributed by atoms with E-state index in [9.17, 15) is 0 Å². The monoisotopic (exact) mass is 410 g/mol. The van der Waals surface area contributed by atoms with Crippen LogP contribution >= 0.6 is 0 Å². The lowest BCUT2D eigenvalue weighted by atomic mass is 9.85. The second-order valence-electron chi connectivity index (χ2n) is 8.59. The van der Waals surface area contributed by atoms with Gasteiger partial charge in [0.15, 0.2) is 0 Å². The smallest absolute Gasteiger partial charge is 0.119 e. The Morgan fingerprint density at radius 1 is 0.933 bits per heavy atom. The molecular weight excluding hydrogens is 376 g/mol. The van der Waals surface area contributed by atoms with E-state index in [4.69, 9.17) is 14.3 Å². The molecule has 2 aromatic carbocycles. The van der Waals surface area contributed by atoms with Crippen molar-refractivity contribution in [1.29, 1.82) is 0 Å². The molecule has 1 saturated carbocycles. The molecule has 0 spiro atoms. The summed E-state index contributed by atoms with van der Waals surface area (Å²) in [6.45, 7) is 2.25. The van der Waals surface area contributed by atoms with E-state index >= 15 is 0 Å². The van der Waals surface area contributed by atoms with Crippen LogP contribution in [0.3, 0.4) is 0 Å². The van der Waals surface area contributed by atoms with Crippen molar-refractivity contribution in [3.05, 3.63) is 42.0 Å². The van der Waals surface area contributed by atoms with Gasteiger partial charge in [-0.05, 0) is 74.0 Å². The van der Waals surface area contributed by atoms with Gasteiger partial charge >= 0.3 is 0 Å². The minimum atomic E-state index is 0.398. The van der Waals surface area contributed by atoms with E-state index in [2.05, 4.69) is 40.4 Å². The zero-order valence-electron chi connectivity index (χ0n) is 18.5. The first-order valence-electron chi connectivity index (χ1n) is 11.2. The molecule has 162 valence electrons. The summed E-state index contributed by atoms with van der Waals surface area (Å²) in [5.41, 5.74) is 2.23. The fourth-order valence-electron chi connectivity index (χ4n) is 5.18. The van der Waals surface area contributed by atoms with Crippen LogP contribution in [-0.2, 0) is 9.57 Å². The van der Waals surface area contributed by atoms with Crippen molar-refractivity contribution in [2.45, 2.75) is 50.7 Å². The van der Waals surface area contributed by atoms with E-state index in [0.717, 1.165) is 30.0 Å². The second kappa shape index (κ2) is 9.80. The minimum Gasteiger partial charge on any atom is -0.497 e. The van der Waals surface area contributed by atoms with E-state index in [1.54, 1.807) is 14.2 Å². The van der Waals surface area contributed by atoms with Crippen molar-refractivity contribution in [3.63, 3.8) is 0 Å². The molecule has 2 aromatic rings. The molecule has 1 aliphatic heterocycles. The second-order valence-corrected chi connectivity index (χ2v) is 8.59. The van der Waals surface area contributed by atoms with E-state index in [1.807, 2.05) is 13.2 Å². The van der Waals surface area contributed by atoms with Crippen LogP contribution < -0.4 is 4.74 Å². The van der Waals surface area contributed by atoms with E-state index in [-0.39, 0.29) is 0 Å². The molecule has 2 fully saturated rings. The maximum absolute atomic E-state index is 5.56. The number of rotatable bonds is 6. The number of methoxy groups -OCH3 is 2. The number of piperidine rings is 1. The third-order valence-corrected chi connectivity index (χ3v) is 6.87. The number of ether oxygens (including phenoxy) is 2. The predicted octanol–water partition coefficient (Wildman–Crippen LogP) is 4.87. The average Bonchev–Trinajstić information content (AvgIpc) is 2.82. The van der Waals surface area contributed by atoms with Gasteiger partial charge in [0.05, 0.1) is 18.9 Å². The Hall–Kier alpha value is -2.11. The molecule has 1 saturated heterocycles. The molecule has 0 bridgehead atoms. The number of hydrogen-bond donors (Lipinski definition) is 0. The summed E-state index contributed by atoms with van der Waals surface area (Å²) in [4.78, 5) is 7.99. The lowest BCUT2D eigenvalue weighted by Gasteiger charge is -2.41. The van der Waals surface area contributed by atoms with Crippen molar-refractivity contribution in [3.8, 4) is 5.75 Å². The Bertz CT molecular complexity index is 874. The third-order valence-electron chi connectivity index (χ3n) is 6.87. The highest BCUT2D eigenvalue weighted by atomic mass is 16.6. The molecule has 2 aliphatic rings. The Labute approximate surface area is 180 Å². The highest BCUT2D eigenvalue weighted by Crippen LogP contribution is 2.31. The summed E-state index contributed by atoms with van der Waals surface area (Å²) in [7, 11) is 5.20. The van der Waals surface area contributed by atoms with Crippen LogP contribution in [0.15, 0.2) is 41.6 Å². The normalized spacial score (nSPS) is 26.0. The number of hydrogen-bond acceptors (Lipinski definition) is 5. The fraction of sp³-hybridized carbons (Fsp3) is 0.560.